The molecule has 0 heterocycles. The number of rotatable bonds is 5. The highest BCUT2D eigenvalue weighted by atomic mass is 16.5. The van der Waals surface area contributed by atoms with Gasteiger partial charge in [-0.25, -0.2) is 0 Å². The maximum atomic E-state index is 8.95. The van der Waals surface area contributed by atoms with E-state index >= 15 is 0 Å². The van der Waals surface area contributed by atoms with Gasteiger partial charge in [0.25, 0.3) is 6.47 Å². The van der Waals surface area contributed by atoms with Crippen LogP contribution in [0.15, 0.2) is 30.3 Å². The van der Waals surface area contributed by atoms with Gasteiger partial charge in [-0.2, -0.15) is 0 Å². The van der Waals surface area contributed by atoms with E-state index in [0.717, 1.165) is 18.8 Å². The third-order valence-corrected chi connectivity index (χ3v) is 1.61. The summed E-state index contributed by atoms with van der Waals surface area (Å²) in [4.78, 5) is 8.95. The van der Waals surface area contributed by atoms with Gasteiger partial charge in [0.2, 0.25) is 0 Å². The quantitative estimate of drug-likeness (QED) is 0.553. The van der Waals surface area contributed by atoms with Crippen LogP contribution in [0, 0.1) is 0 Å². The summed E-state index contributed by atoms with van der Waals surface area (Å²) in [7, 11) is 1.31. The third kappa shape index (κ3) is 8.81. The lowest BCUT2D eigenvalue weighted by Gasteiger charge is -2.03. The summed E-state index contributed by atoms with van der Waals surface area (Å²) in [6, 6.07) is 9.93. The van der Waals surface area contributed by atoms with E-state index in [-0.39, 0.29) is 0 Å². The molecule has 15 heavy (non-hydrogen) atoms. The van der Waals surface area contributed by atoms with Gasteiger partial charge in [-0.05, 0) is 18.6 Å². The van der Waals surface area contributed by atoms with Crippen molar-refractivity contribution in [3.05, 3.63) is 30.3 Å². The highest BCUT2D eigenvalue weighted by Crippen LogP contribution is 2.08. The van der Waals surface area contributed by atoms with E-state index in [1.54, 1.807) is 0 Å². The Balaban J connectivity index is 0.000000423. The monoisotopic (exact) mass is 210 g/mol. The molecule has 0 fully saturated rings. The summed E-state index contributed by atoms with van der Waals surface area (Å²) in [6.45, 7) is 3.37. The molecule has 0 unspecified atom stereocenters. The molecule has 0 bridgehead atoms. The van der Waals surface area contributed by atoms with Crippen LogP contribution in [-0.4, -0.2) is 20.2 Å². The fraction of sp³-hybridized carbons (Fsp3) is 0.417. The Hall–Kier alpha value is -1.51. The van der Waals surface area contributed by atoms with Gasteiger partial charge in [0.1, 0.15) is 5.75 Å². The first-order chi connectivity index (χ1) is 7.35. The van der Waals surface area contributed by atoms with Crippen LogP contribution in [0.2, 0.25) is 0 Å². The first-order valence-corrected chi connectivity index (χ1v) is 4.99. The van der Waals surface area contributed by atoms with Crippen LogP contribution < -0.4 is 4.74 Å². The average Bonchev–Trinajstić information content (AvgIpc) is 2.31. The predicted octanol–water partition coefficient (Wildman–Crippen LogP) is 2.65. The van der Waals surface area contributed by atoms with E-state index in [4.69, 9.17) is 9.53 Å². The lowest BCUT2D eigenvalue weighted by Crippen LogP contribution is -1.95. The zero-order valence-electron chi connectivity index (χ0n) is 9.31. The van der Waals surface area contributed by atoms with Gasteiger partial charge in [-0.15, -0.1) is 0 Å². The van der Waals surface area contributed by atoms with Gasteiger partial charge in [0, 0.05) is 0 Å². The highest BCUT2D eigenvalue weighted by molar-refractivity contribution is 5.36. The second-order valence-corrected chi connectivity index (χ2v) is 2.85. The lowest BCUT2D eigenvalue weighted by atomic mass is 10.3. The van der Waals surface area contributed by atoms with Gasteiger partial charge in [-0.1, -0.05) is 31.5 Å². The first kappa shape index (κ1) is 13.5. The van der Waals surface area contributed by atoms with Crippen molar-refractivity contribution >= 4 is 6.47 Å². The number of hydrogen-bond donors (Lipinski definition) is 0. The summed E-state index contributed by atoms with van der Waals surface area (Å²) < 4.78 is 9.31. The zero-order valence-corrected chi connectivity index (χ0v) is 9.31. The summed E-state index contributed by atoms with van der Waals surface area (Å²) in [6.07, 6.45) is 2.32. The third-order valence-electron chi connectivity index (χ3n) is 1.61. The highest BCUT2D eigenvalue weighted by Gasteiger charge is 1.88. The number of unbranched alkanes of at least 4 members (excludes halogenated alkanes) is 1. The molecule has 0 aliphatic carbocycles. The first-order valence-electron chi connectivity index (χ1n) is 4.99. The van der Waals surface area contributed by atoms with Crippen LogP contribution >= 0.6 is 0 Å². The van der Waals surface area contributed by atoms with Crippen molar-refractivity contribution < 1.29 is 14.3 Å². The Morgan fingerprint density at radius 2 is 1.87 bits per heavy atom. The Kier molecular flexibility index (Phi) is 9.51. The van der Waals surface area contributed by atoms with E-state index in [1.165, 1.54) is 13.5 Å². The van der Waals surface area contributed by atoms with Crippen LogP contribution in [0.5, 0.6) is 5.75 Å². The van der Waals surface area contributed by atoms with Crippen LogP contribution in [0.4, 0.5) is 0 Å². The molecule has 0 aliphatic rings. The predicted molar refractivity (Wildman–Crippen MR) is 59.9 cm³/mol. The number of carbonyl (C=O) groups excluding carboxylic acids is 1. The molecular formula is C12H18O3. The summed E-state index contributed by atoms with van der Waals surface area (Å²) in [5.41, 5.74) is 0. The summed E-state index contributed by atoms with van der Waals surface area (Å²) in [5, 5.41) is 0. The van der Waals surface area contributed by atoms with E-state index in [0.29, 0.717) is 6.47 Å². The van der Waals surface area contributed by atoms with Crippen LogP contribution in [0.3, 0.4) is 0 Å². The molecule has 1 aromatic rings. The maximum Gasteiger partial charge on any atom is 0.292 e. The number of ether oxygens (including phenoxy) is 2. The normalized spacial score (nSPS) is 8.40. The Bertz CT molecular complexity index is 234. The van der Waals surface area contributed by atoms with Crippen molar-refractivity contribution in [1.82, 2.24) is 0 Å². The molecule has 0 amide bonds. The number of methoxy groups -OCH3 is 1. The van der Waals surface area contributed by atoms with Gasteiger partial charge in [-0.3, -0.25) is 4.79 Å². The molecule has 0 atom stereocenters. The summed E-state index contributed by atoms with van der Waals surface area (Å²) >= 11 is 0. The van der Waals surface area contributed by atoms with Gasteiger partial charge >= 0.3 is 0 Å². The average molecular weight is 210 g/mol. The molecule has 0 saturated heterocycles. The van der Waals surface area contributed by atoms with Gasteiger partial charge < -0.3 is 9.47 Å². The van der Waals surface area contributed by atoms with Crippen molar-refractivity contribution in [3.8, 4) is 5.75 Å². The SMILES string of the molecule is CCCCOc1ccccc1.COC=O. The van der Waals surface area contributed by atoms with Crippen molar-refractivity contribution in [3.63, 3.8) is 0 Å². The minimum atomic E-state index is 0.375. The molecule has 0 aliphatic heterocycles. The zero-order chi connectivity index (χ0) is 11.4. The molecule has 1 rings (SSSR count). The number of carbonyl (C=O) groups is 1. The van der Waals surface area contributed by atoms with E-state index in [9.17, 15) is 0 Å². The molecule has 0 N–H and O–H groups in total. The minimum absolute atomic E-state index is 0.375. The second-order valence-electron chi connectivity index (χ2n) is 2.85. The van der Waals surface area contributed by atoms with Crippen LogP contribution in [0.1, 0.15) is 19.8 Å². The largest absolute Gasteiger partial charge is 0.494 e. The van der Waals surface area contributed by atoms with E-state index in [2.05, 4.69) is 11.7 Å². The molecule has 84 valence electrons. The van der Waals surface area contributed by atoms with Crippen molar-refractivity contribution in [2.24, 2.45) is 0 Å². The number of para-hydroxylation sites is 1. The minimum Gasteiger partial charge on any atom is -0.494 e. The van der Waals surface area contributed by atoms with Crippen LogP contribution in [0.25, 0.3) is 0 Å². The van der Waals surface area contributed by atoms with E-state index in [1.807, 2.05) is 30.3 Å². The molecule has 0 radical (unpaired) electrons. The number of benzene rings is 1. The van der Waals surface area contributed by atoms with Gasteiger partial charge in [0.05, 0.1) is 13.7 Å². The summed E-state index contributed by atoms with van der Waals surface area (Å²) in [5.74, 6) is 0.973. The Morgan fingerprint density at radius 3 is 2.33 bits per heavy atom. The molecule has 3 heteroatoms. The fourth-order valence-electron chi connectivity index (χ4n) is 0.851. The van der Waals surface area contributed by atoms with Crippen molar-refractivity contribution in [1.29, 1.82) is 0 Å². The molecule has 1 aromatic carbocycles. The Labute approximate surface area is 91.0 Å². The molecule has 0 spiro atoms. The topological polar surface area (TPSA) is 35.5 Å². The number of hydrogen-bond acceptors (Lipinski definition) is 3. The lowest BCUT2D eigenvalue weighted by molar-refractivity contribution is -0.126. The van der Waals surface area contributed by atoms with Crippen LogP contribution in [-0.2, 0) is 9.53 Å². The van der Waals surface area contributed by atoms with Crippen molar-refractivity contribution in [2.45, 2.75) is 19.8 Å². The second kappa shape index (κ2) is 10.6. The smallest absolute Gasteiger partial charge is 0.292 e. The Morgan fingerprint density at radius 1 is 1.27 bits per heavy atom. The fourth-order valence-corrected chi connectivity index (χ4v) is 0.851. The van der Waals surface area contributed by atoms with E-state index < -0.39 is 0 Å². The molecular weight excluding hydrogens is 192 g/mol. The van der Waals surface area contributed by atoms with Gasteiger partial charge in [0.15, 0.2) is 0 Å². The molecule has 0 saturated carbocycles. The van der Waals surface area contributed by atoms with Crippen molar-refractivity contribution in [2.75, 3.05) is 13.7 Å². The maximum absolute atomic E-state index is 8.95. The molecule has 3 nitrogen and oxygen atoms in total. The molecule has 0 aromatic heterocycles. The standard InChI is InChI=1S/C10H14O.C2H4O2/c1-2-3-9-11-10-7-5-4-6-8-10;1-4-2-3/h4-8H,2-3,9H2,1H3;2H,1H3.